The van der Waals surface area contributed by atoms with Gasteiger partial charge in [0.05, 0.1) is 12.3 Å². The number of aliphatic hydroxyl groups excluding tert-OH is 1. The van der Waals surface area contributed by atoms with Crippen molar-refractivity contribution in [1.29, 1.82) is 0 Å². The van der Waals surface area contributed by atoms with Gasteiger partial charge < -0.3 is 31.7 Å². The summed E-state index contributed by atoms with van der Waals surface area (Å²) in [7, 11) is 0. The predicted molar refractivity (Wildman–Crippen MR) is 83.3 cm³/mol. The van der Waals surface area contributed by atoms with Gasteiger partial charge in [-0.3, -0.25) is 0 Å². The Balaban J connectivity index is 2.14. The van der Waals surface area contributed by atoms with Crippen LogP contribution in [0.15, 0.2) is 36.4 Å². The lowest BCUT2D eigenvalue weighted by atomic mass is 10.1. The second kappa shape index (κ2) is 6.71. The molecule has 6 nitrogen and oxygen atoms in total. The van der Waals surface area contributed by atoms with Crippen molar-refractivity contribution in [2.75, 3.05) is 30.0 Å². The zero-order valence-electron chi connectivity index (χ0n) is 11.5. The van der Waals surface area contributed by atoms with Crippen LogP contribution in [0.2, 0.25) is 0 Å². The standard InChI is InChI=1S/C15H19N3O3/c16-11-1-3-14(20)10(7-11)9-18-13-8-12(17)2-4-15(13)21-6-5-19/h1-4,7-8,18-20H,5-6,9,16-17H2. The summed E-state index contributed by atoms with van der Waals surface area (Å²) < 4.78 is 5.43. The van der Waals surface area contributed by atoms with Gasteiger partial charge in [-0.2, -0.15) is 0 Å². The van der Waals surface area contributed by atoms with Crippen LogP contribution in [0.5, 0.6) is 11.5 Å². The molecule has 0 saturated carbocycles. The summed E-state index contributed by atoms with van der Waals surface area (Å²) in [4.78, 5) is 0. The second-order valence-corrected chi connectivity index (χ2v) is 4.57. The van der Waals surface area contributed by atoms with E-state index in [1.54, 1.807) is 36.4 Å². The number of benzene rings is 2. The van der Waals surface area contributed by atoms with Crippen molar-refractivity contribution in [3.05, 3.63) is 42.0 Å². The fraction of sp³-hybridized carbons (Fsp3) is 0.200. The Bertz CT molecular complexity index is 617. The van der Waals surface area contributed by atoms with Crippen LogP contribution in [0, 0.1) is 0 Å². The van der Waals surface area contributed by atoms with Gasteiger partial charge in [-0.05, 0) is 36.4 Å². The summed E-state index contributed by atoms with van der Waals surface area (Å²) in [6.45, 7) is 0.498. The highest BCUT2D eigenvalue weighted by Crippen LogP contribution is 2.28. The summed E-state index contributed by atoms with van der Waals surface area (Å²) >= 11 is 0. The summed E-state index contributed by atoms with van der Waals surface area (Å²) in [5, 5.41) is 21.8. The molecule has 6 heteroatoms. The first-order valence-electron chi connectivity index (χ1n) is 6.54. The van der Waals surface area contributed by atoms with E-state index >= 15 is 0 Å². The Labute approximate surface area is 123 Å². The average molecular weight is 289 g/mol. The maximum absolute atomic E-state index is 9.79. The normalized spacial score (nSPS) is 10.3. The van der Waals surface area contributed by atoms with Crippen LogP contribution < -0.4 is 21.5 Å². The van der Waals surface area contributed by atoms with Crippen molar-refractivity contribution in [1.82, 2.24) is 0 Å². The largest absolute Gasteiger partial charge is 0.508 e. The molecule has 0 spiro atoms. The molecule has 112 valence electrons. The van der Waals surface area contributed by atoms with E-state index in [1.165, 1.54) is 0 Å². The quantitative estimate of drug-likeness (QED) is 0.407. The highest BCUT2D eigenvalue weighted by atomic mass is 16.5. The van der Waals surface area contributed by atoms with Crippen LogP contribution in [0.4, 0.5) is 17.1 Å². The first-order chi connectivity index (χ1) is 10.1. The van der Waals surface area contributed by atoms with E-state index in [2.05, 4.69) is 5.32 Å². The van der Waals surface area contributed by atoms with Gasteiger partial charge in [-0.15, -0.1) is 0 Å². The Hall–Kier alpha value is -2.60. The smallest absolute Gasteiger partial charge is 0.142 e. The number of hydrogen-bond acceptors (Lipinski definition) is 6. The van der Waals surface area contributed by atoms with Gasteiger partial charge in [0.25, 0.3) is 0 Å². The van der Waals surface area contributed by atoms with Gasteiger partial charge in [0.1, 0.15) is 18.1 Å². The zero-order valence-corrected chi connectivity index (χ0v) is 11.5. The molecule has 0 aliphatic carbocycles. The number of ether oxygens (including phenoxy) is 1. The number of nitrogens with two attached hydrogens (primary N) is 2. The molecule has 0 unspecified atom stereocenters. The number of aromatic hydroxyl groups is 1. The zero-order chi connectivity index (χ0) is 15.2. The van der Waals surface area contributed by atoms with Crippen molar-refractivity contribution in [3.63, 3.8) is 0 Å². The monoisotopic (exact) mass is 289 g/mol. The van der Waals surface area contributed by atoms with Crippen LogP contribution in [-0.2, 0) is 6.54 Å². The van der Waals surface area contributed by atoms with E-state index < -0.39 is 0 Å². The number of aliphatic hydroxyl groups is 1. The molecule has 2 aromatic rings. The minimum atomic E-state index is -0.0696. The van der Waals surface area contributed by atoms with E-state index in [1.807, 2.05) is 0 Å². The number of phenols is 1. The maximum Gasteiger partial charge on any atom is 0.142 e. The number of phenolic OH excluding ortho intramolecular Hbond substituents is 1. The summed E-state index contributed by atoms with van der Waals surface area (Å²) in [5.41, 5.74) is 14.0. The SMILES string of the molecule is Nc1ccc(O)c(CNc2cc(N)ccc2OCCO)c1. The van der Waals surface area contributed by atoms with E-state index in [-0.39, 0.29) is 19.0 Å². The van der Waals surface area contributed by atoms with Crippen molar-refractivity contribution < 1.29 is 14.9 Å². The lowest BCUT2D eigenvalue weighted by molar-refractivity contribution is 0.202. The summed E-state index contributed by atoms with van der Waals surface area (Å²) in [5.74, 6) is 0.750. The van der Waals surface area contributed by atoms with Gasteiger partial charge in [0, 0.05) is 23.5 Å². The van der Waals surface area contributed by atoms with Crippen molar-refractivity contribution in [2.45, 2.75) is 6.54 Å². The average Bonchev–Trinajstić information content (AvgIpc) is 2.47. The van der Waals surface area contributed by atoms with E-state index in [0.717, 1.165) is 0 Å². The Morgan fingerprint density at radius 2 is 1.76 bits per heavy atom. The fourth-order valence-corrected chi connectivity index (χ4v) is 1.90. The summed E-state index contributed by atoms with van der Waals surface area (Å²) in [6.07, 6.45) is 0. The first kappa shape index (κ1) is 14.8. The molecule has 0 fully saturated rings. The molecule has 0 aliphatic rings. The highest BCUT2D eigenvalue weighted by Gasteiger charge is 2.07. The molecule has 0 amide bonds. The predicted octanol–water partition coefficient (Wildman–Crippen LogP) is 1.54. The van der Waals surface area contributed by atoms with Gasteiger partial charge in [-0.25, -0.2) is 0 Å². The Morgan fingerprint density at radius 1 is 1.05 bits per heavy atom. The van der Waals surface area contributed by atoms with Gasteiger partial charge in [0.15, 0.2) is 0 Å². The van der Waals surface area contributed by atoms with Crippen LogP contribution >= 0.6 is 0 Å². The fourth-order valence-electron chi connectivity index (χ4n) is 1.90. The molecule has 0 atom stereocenters. The molecule has 21 heavy (non-hydrogen) atoms. The van der Waals surface area contributed by atoms with E-state index in [0.29, 0.717) is 34.9 Å². The topological polar surface area (TPSA) is 114 Å². The number of anilines is 3. The maximum atomic E-state index is 9.79. The number of rotatable bonds is 6. The molecule has 0 bridgehead atoms. The lowest BCUT2D eigenvalue weighted by Crippen LogP contribution is -2.07. The van der Waals surface area contributed by atoms with Crippen LogP contribution in [0.3, 0.4) is 0 Å². The third-order valence-corrected chi connectivity index (χ3v) is 2.93. The first-order valence-corrected chi connectivity index (χ1v) is 6.54. The number of nitrogens with one attached hydrogen (secondary N) is 1. The van der Waals surface area contributed by atoms with Crippen LogP contribution in [-0.4, -0.2) is 23.4 Å². The molecule has 2 rings (SSSR count). The van der Waals surface area contributed by atoms with Crippen molar-refractivity contribution in [3.8, 4) is 11.5 Å². The Kier molecular flexibility index (Phi) is 4.73. The minimum absolute atomic E-state index is 0.0696. The molecular weight excluding hydrogens is 270 g/mol. The van der Waals surface area contributed by atoms with Crippen molar-refractivity contribution in [2.24, 2.45) is 0 Å². The highest BCUT2D eigenvalue weighted by molar-refractivity contribution is 5.64. The lowest BCUT2D eigenvalue weighted by Gasteiger charge is -2.14. The Morgan fingerprint density at radius 3 is 2.52 bits per heavy atom. The molecule has 0 heterocycles. The molecule has 0 radical (unpaired) electrons. The molecular formula is C15H19N3O3. The van der Waals surface area contributed by atoms with Crippen molar-refractivity contribution >= 4 is 17.1 Å². The van der Waals surface area contributed by atoms with E-state index in [4.69, 9.17) is 21.3 Å². The second-order valence-electron chi connectivity index (χ2n) is 4.57. The van der Waals surface area contributed by atoms with E-state index in [9.17, 15) is 5.11 Å². The number of hydrogen-bond donors (Lipinski definition) is 5. The van der Waals surface area contributed by atoms with Gasteiger partial charge >= 0.3 is 0 Å². The molecule has 0 aromatic heterocycles. The molecule has 0 aliphatic heterocycles. The van der Waals surface area contributed by atoms with Gasteiger partial charge in [-0.1, -0.05) is 0 Å². The minimum Gasteiger partial charge on any atom is -0.508 e. The molecule has 7 N–H and O–H groups in total. The molecule has 2 aromatic carbocycles. The van der Waals surface area contributed by atoms with Crippen LogP contribution in [0.25, 0.3) is 0 Å². The summed E-state index contributed by atoms with van der Waals surface area (Å²) in [6, 6.07) is 10.1. The molecule has 0 saturated heterocycles. The third kappa shape index (κ3) is 3.93. The number of nitrogen functional groups attached to an aromatic ring is 2. The van der Waals surface area contributed by atoms with Crippen LogP contribution in [0.1, 0.15) is 5.56 Å². The van der Waals surface area contributed by atoms with Gasteiger partial charge in [0.2, 0.25) is 0 Å². The third-order valence-electron chi connectivity index (χ3n) is 2.93.